The highest BCUT2D eigenvalue weighted by atomic mass is 32.2. The van der Waals surface area contributed by atoms with Gasteiger partial charge in [-0.25, -0.2) is 0 Å². The Morgan fingerprint density at radius 2 is 1.25 bits per heavy atom. The highest BCUT2D eigenvalue weighted by molar-refractivity contribution is 7.86. The molecule has 0 amide bonds. The van der Waals surface area contributed by atoms with Gasteiger partial charge in [0.05, 0.1) is 0 Å². The quantitative estimate of drug-likeness (QED) is 0.283. The zero-order chi connectivity index (χ0) is 18.0. The van der Waals surface area contributed by atoms with Crippen LogP contribution in [0.25, 0.3) is 0 Å². The van der Waals surface area contributed by atoms with E-state index in [9.17, 15) is 23.2 Å². The molecule has 0 fully saturated rings. The molecule has 0 aliphatic carbocycles. The molecule has 0 radical (unpaired) electrons. The Kier molecular flexibility index (Phi) is 9.14. The Labute approximate surface area is 145 Å². The Balaban J connectivity index is 2.37. The average Bonchev–Trinajstić information content (AvgIpc) is 2.51. The zero-order valence-corrected chi connectivity index (χ0v) is 15.3. The summed E-state index contributed by atoms with van der Waals surface area (Å²) in [5, 5.41) is 19.5. The van der Waals surface area contributed by atoms with Crippen LogP contribution in [0, 0.1) is 0 Å². The second-order valence-electron chi connectivity index (χ2n) is 6.32. The monoisotopic (exact) mass is 358 g/mol. The summed E-state index contributed by atoms with van der Waals surface area (Å²) in [5.41, 5.74) is 0.0945. The molecular weight excluding hydrogens is 328 g/mol. The van der Waals surface area contributed by atoms with Crippen molar-refractivity contribution in [3.05, 3.63) is 17.7 Å². The van der Waals surface area contributed by atoms with E-state index in [1.165, 1.54) is 44.6 Å². The van der Waals surface area contributed by atoms with Gasteiger partial charge in [-0.05, 0) is 25.0 Å². The Morgan fingerprint density at radius 1 is 0.792 bits per heavy atom. The minimum Gasteiger partial charge on any atom is -0.508 e. The van der Waals surface area contributed by atoms with Crippen LogP contribution in [-0.2, 0) is 16.5 Å². The second kappa shape index (κ2) is 10.6. The third-order valence-electron chi connectivity index (χ3n) is 4.25. The van der Waals surface area contributed by atoms with Gasteiger partial charge in [0, 0.05) is 5.56 Å². The van der Waals surface area contributed by atoms with Gasteiger partial charge in [-0.2, -0.15) is 8.42 Å². The summed E-state index contributed by atoms with van der Waals surface area (Å²) < 4.78 is 32.0. The Morgan fingerprint density at radius 3 is 1.75 bits per heavy atom. The Hall–Kier alpha value is -1.27. The molecule has 0 bridgehead atoms. The van der Waals surface area contributed by atoms with Crippen LogP contribution in [0.2, 0.25) is 0 Å². The maximum atomic E-state index is 11.4. The molecule has 0 spiro atoms. The number of hydrogen-bond acceptors (Lipinski definition) is 4. The molecule has 3 N–H and O–H groups in total. The molecule has 0 unspecified atom stereocenters. The Bertz CT molecular complexity index is 596. The van der Waals surface area contributed by atoms with E-state index in [0.717, 1.165) is 25.3 Å². The third kappa shape index (κ3) is 7.09. The average molecular weight is 359 g/mol. The van der Waals surface area contributed by atoms with Gasteiger partial charge < -0.3 is 10.2 Å². The lowest BCUT2D eigenvalue weighted by Crippen LogP contribution is -2.04. The lowest BCUT2D eigenvalue weighted by molar-refractivity contribution is 0.425. The van der Waals surface area contributed by atoms with E-state index < -0.39 is 20.8 Å². The maximum absolute atomic E-state index is 11.4. The molecule has 138 valence electrons. The van der Waals surface area contributed by atoms with E-state index in [-0.39, 0.29) is 11.3 Å². The summed E-state index contributed by atoms with van der Waals surface area (Å²) in [6, 6.07) is 2.32. The van der Waals surface area contributed by atoms with Crippen molar-refractivity contribution < 1.29 is 23.2 Å². The number of phenolic OH excluding ortho intramolecular Hbond substituents is 2. The highest BCUT2D eigenvalue weighted by Crippen LogP contribution is 2.34. The van der Waals surface area contributed by atoms with Crippen molar-refractivity contribution >= 4 is 10.1 Å². The van der Waals surface area contributed by atoms with Crippen molar-refractivity contribution in [1.29, 1.82) is 0 Å². The van der Waals surface area contributed by atoms with Gasteiger partial charge in [0.15, 0.2) is 0 Å². The summed E-state index contributed by atoms with van der Waals surface area (Å²) in [4.78, 5) is -0.571. The number of rotatable bonds is 12. The fourth-order valence-electron chi connectivity index (χ4n) is 2.92. The highest BCUT2D eigenvalue weighted by Gasteiger charge is 2.22. The van der Waals surface area contributed by atoms with E-state index in [1.807, 2.05) is 0 Å². The fourth-order valence-corrected chi connectivity index (χ4v) is 3.77. The molecule has 24 heavy (non-hydrogen) atoms. The van der Waals surface area contributed by atoms with Crippen LogP contribution in [0.1, 0.15) is 76.7 Å². The summed E-state index contributed by atoms with van der Waals surface area (Å²) >= 11 is 0. The fraction of sp³-hybridized carbons (Fsp3) is 0.667. The molecule has 1 aromatic carbocycles. The first-order valence-corrected chi connectivity index (χ1v) is 10.3. The summed E-state index contributed by atoms with van der Waals surface area (Å²) in [6.45, 7) is 2.21. The molecule has 0 atom stereocenters. The van der Waals surface area contributed by atoms with Gasteiger partial charge >= 0.3 is 0 Å². The predicted molar refractivity (Wildman–Crippen MR) is 95.1 cm³/mol. The van der Waals surface area contributed by atoms with E-state index in [2.05, 4.69) is 6.92 Å². The summed E-state index contributed by atoms with van der Waals surface area (Å²) in [6.07, 6.45) is 11.8. The largest absolute Gasteiger partial charge is 0.508 e. The van der Waals surface area contributed by atoms with Crippen molar-refractivity contribution in [1.82, 2.24) is 0 Å². The van der Waals surface area contributed by atoms with E-state index in [4.69, 9.17) is 0 Å². The first kappa shape index (κ1) is 20.8. The molecule has 0 saturated carbocycles. The van der Waals surface area contributed by atoms with Gasteiger partial charge in [-0.1, -0.05) is 64.7 Å². The van der Waals surface area contributed by atoms with Crippen LogP contribution in [0.5, 0.6) is 11.5 Å². The van der Waals surface area contributed by atoms with Crippen molar-refractivity contribution in [2.45, 2.75) is 82.4 Å². The summed E-state index contributed by atoms with van der Waals surface area (Å²) in [5.74, 6) is -0.742. The van der Waals surface area contributed by atoms with Crippen LogP contribution < -0.4 is 0 Å². The number of aromatic hydroxyl groups is 2. The van der Waals surface area contributed by atoms with Crippen molar-refractivity contribution in [2.24, 2.45) is 0 Å². The van der Waals surface area contributed by atoms with Crippen molar-refractivity contribution in [2.75, 3.05) is 0 Å². The van der Waals surface area contributed by atoms with Crippen LogP contribution >= 0.6 is 0 Å². The van der Waals surface area contributed by atoms with Gasteiger partial charge in [0.25, 0.3) is 10.1 Å². The number of unbranched alkanes of at least 4 members (excludes halogenated alkanes) is 9. The van der Waals surface area contributed by atoms with E-state index >= 15 is 0 Å². The van der Waals surface area contributed by atoms with E-state index in [0.29, 0.717) is 12.8 Å². The molecule has 0 aliphatic heterocycles. The molecule has 0 aromatic heterocycles. The third-order valence-corrected chi connectivity index (χ3v) is 5.22. The van der Waals surface area contributed by atoms with Crippen LogP contribution in [0.3, 0.4) is 0 Å². The second-order valence-corrected chi connectivity index (χ2v) is 7.68. The molecular formula is C18H30O5S. The molecule has 6 heteroatoms. The van der Waals surface area contributed by atoms with Gasteiger partial charge in [-0.3, -0.25) is 4.55 Å². The number of benzene rings is 1. The molecule has 0 saturated heterocycles. The lowest BCUT2D eigenvalue weighted by Gasteiger charge is -2.11. The molecule has 1 rings (SSSR count). The van der Waals surface area contributed by atoms with Crippen LogP contribution in [0.4, 0.5) is 0 Å². The smallest absolute Gasteiger partial charge is 0.298 e. The normalized spacial score (nSPS) is 11.8. The van der Waals surface area contributed by atoms with Gasteiger partial charge in [0.2, 0.25) is 0 Å². The van der Waals surface area contributed by atoms with E-state index in [1.54, 1.807) is 0 Å². The first-order valence-electron chi connectivity index (χ1n) is 8.89. The van der Waals surface area contributed by atoms with Crippen molar-refractivity contribution in [3.63, 3.8) is 0 Å². The first-order chi connectivity index (χ1) is 11.4. The standard InChI is InChI=1S/C18H30O5S/c1-2-3-4-5-6-7-8-9-10-11-12-15-16(19)13-14-17(20)18(15)24(21,22)23/h13-14,19-20H,2-12H2,1H3,(H,21,22,23). The molecule has 1 aromatic rings. The lowest BCUT2D eigenvalue weighted by atomic mass is 10.0. The maximum Gasteiger partial charge on any atom is 0.298 e. The van der Waals surface area contributed by atoms with Crippen LogP contribution in [-0.4, -0.2) is 23.2 Å². The number of hydrogen-bond donors (Lipinski definition) is 3. The SMILES string of the molecule is CCCCCCCCCCCCc1c(O)ccc(O)c1S(=O)(=O)O. The molecule has 0 aliphatic rings. The number of phenols is 2. The zero-order valence-electron chi connectivity index (χ0n) is 14.5. The summed E-state index contributed by atoms with van der Waals surface area (Å²) in [7, 11) is -4.56. The molecule has 5 nitrogen and oxygen atoms in total. The van der Waals surface area contributed by atoms with Crippen molar-refractivity contribution in [3.8, 4) is 11.5 Å². The van der Waals surface area contributed by atoms with Gasteiger partial charge in [-0.15, -0.1) is 0 Å². The van der Waals surface area contributed by atoms with Crippen LogP contribution in [0.15, 0.2) is 17.0 Å². The van der Waals surface area contributed by atoms with Gasteiger partial charge in [0.1, 0.15) is 16.4 Å². The topological polar surface area (TPSA) is 94.8 Å². The predicted octanol–water partition coefficient (Wildman–Crippen LogP) is 4.81. The molecule has 0 heterocycles. The minimum absolute atomic E-state index is 0.0945. The minimum atomic E-state index is -4.56.